The highest BCUT2D eigenvalue weighted by Gasteiger charge is 2.18. The van der Waals surface area contributed by atoms with Gasteiger partial charge in [-0.15, -0.1) is 0 Å². The van der Waals surface area contributed by atoms with Gasteiger partial charge in [0.05, 0.1) is 0 Å². The lowest BCUT2D eigenvalue weighted by Gasteiger charge is -2.24. The Morgan fingerprint density at radius 2 is 1.69 bits per heavy atom. The summed E-state index contributed by atoms with van der Waals surface area (Å²) in [6.07, 6.45) is 0. The highest BCUT2D eigenvalue weighted by Crippen LogP contribution is 2.28. The molecule has 0 aromatic heterocycles. The maximum atomic E-state index is 4.12. The van der Waals surface area contributed by atoms with Crippen LogP contribution in [0.25, 0.3) is 0 Å². The van der Waals surface area contributed by atoms with Crippen molar-refractivity contribution >= 4 is 18.1 Å². The Morgan fingerprint density at radius 3 is 2.19 bits per heavy atom. The molecule has 0 atom stereocenters. The minimum absolute atomic E-state index is 0.404. The third kappa shape index (κ3) is 2.63. The summed E-state index contributed by atoms with van der Waals surface area (Å²) in [7, 11) is 2.12. The van der Waals surface area contributed by atoms with Gasteiger partial charge in [0.2, 0.25) is 5.69 Å². The summed E-state index contributed by atoms with van der Waals surface area (Å²) in [6, 6.07) is 9.31. The first kappa shape index (κ1) is 12.8. The van der Waals surface area contributed by atoms with E-state index in [1.165, 1.54) is 11.4 Å². The molecule has 0 spiro atoms. The molecule has 0 fully saturated rings. The van der Waals surface area contributed by atoms with Crippen LogP contribution < -0.4 is 4.90 Å². The zero-order valence-electron chi connectivity index (χ0n) is 11.1. The lowest BCUT2D eigenvalue weighted by atomic mass is 10.2. The predicted molar refractivity (Wildman–Crippen MR) is 72.2 cm³/mol. The third-order valence-electron chi connectivity index (χ3n) is 2.97. The van der Waals surface area contributed by atoms with E-state index in [4.69, 9.17) is 0 Å². The summed E-state index contributed by atoms with van der Waals surface area (Å²) in [5.41, 5.74) is 2.43. The van der Waals surface area contributed by atoms with Gasteiger partial charge in [-0.05, 0) is 33.8 Å². The van der Waals surface area contributed by atoms with Crippen molar-refractivity contribution in [2.45, 2.75) is 39.8 Å². The summed E-state index contributed by atoms with van der Waals surface area (Å²) in [5.74, 6) is 0. The van der Waals surface area contributed by atoms with Crippen molar-refractivity contribution in [2.75, 3.05) is 11.9 Å². The van der Waals surface area contributed by atoms with Gasteiger partial charge in [-0.3, -0.25) is 0 Å². The number of rotatable bonds is 4. The Morgan fingerprint density at radius 1 is 1.12 bits per heavy atom. The molecule has 88 valence electrons. The molecule has 2 nitrogen and oxygen atoms in total. The molecule has 0 heterocycles. The fourth-order valence-electron chi connectivity index (χ4n) is 1.56. The van der Waals surface area contributed by atoms with Gasteiger partial charge >= 0.3 is 0 Å². The van der Waals surface area contributed by atoms with E-state index in [2.05, 4.69) is 75.2 Å². The average molecular weight is 219 g/mol. The van der Waals surface area contributed by atoms with Crippen LogP contribution >= 0.6 is 0 Å². The van der Waals surface area contributed by atoms with Crippen molar-refractivity contribution in [3.8, 4) is 0 Å². The molecule has 1 aromatic carbocycles. The fourth-order valence-corrected chi connectivity index (χ4v) is 1.56. The number of hydrogen-bond donors (Lipinski definition) is 0. The monoisotopic (exact) mass is 219 g/mol. The van der Waals surface area contributed by atoms with E-state index in [0.717, 1.165) is 0 Å². The maximum absolute atomic E-state index is 4.12. The van der Waals surface area contributed by atoms with Crippen molar-refractivity contribution in [2.24, 2.45) is 0 Å². The SMILES string of the molecule is C=[N+](c1ccccc1N(C)C(C)C)C(C)C. The molecule has 0 unspecified atom stereocenters. The van der Waals surface area contributed by atoms with Crippen LogP contribution in [0.5, 0.6) is 0 Å². The molecule has 0 saturated carbocycles. The molecular weight excluding hydrogens is 196 g/mol. The van der Waals surface area contributed by atoms with Crippen molar-refractivity contribution in [1.29, 1.82) is 0 Å². The fraction of sp³-hybridized carbons (Fsp3) is 0.500. The first-order chi connectivity index (χ1) is 7.45. The zero-order valence-corrected chi connectivity index (χ0v) is 11.1. The average Bonchev–Trinajstić information content (AvgIpc) is 2.26. The van der Waals surface area contributed by atoms with Crippen LogP contribution in [0.2, 0.25) is 0 Å². The minimum atomic E-state index is 0.404. The zero-order chi connectivity index (χ0) is 12.3. The highest BCUT2D eigenvalue weighted by molar-refractivity contribution is 5.63. The van der Waals surface area contributed by atoms with Gasteiger partial charge in [-0.1, -0.05) is 12.1 Å². The Balaban J connectivity index is 3.15. The molecule has 0 aliphatic carbocycles. The molecule has 0 saturated heterocycles. The Hall–Kier alpha value is -1.31. The highest BCUT2D eigenvalue weighted by atomic mass is 15.2. The lowest BCUT2D eigenvalue weighted by molar-refractivity contribution is -0.466. The molecule has 16 heavy (non-hydrogen) atoms. The van der Waals surface area contributed by atoms with Gasteiger partial charge < -0.3 is 4.90 Å². The molecule has 1 rings (SSSR count). The van der Waals surface area contributed by atoms with E-state index in [-0.39, 0.29) is 0 Å². The van der Waals surface area contributed by atoms with Crippen LogP contribution in [-0.4, -0.2) is 30.4 Å². The van der Waals surface area contributed by atoms with E-state index < -0.39 is 0 Å². The molecule has 1 aromatic rings. The van der Waals surface area contributed by atoms with Crippen LogP contribution in [0.15, 0.2) is 24.3 Å². The summed E-state index contributed by atoms with van der Waals surface area (Å²) in [4.78, 5) is 2.27. The van der Waals surface area contributed by atoms with E-state index in [0.29, 0.717) is 12.1 Å². The van der Waals surface area contributed by atoms with Crippen LogP contribution in [0.3, 0.4) is 0 Å². The van der Waals surface area contributed by atoms with Crippen LogP contribution in [0.1, 0.15) is 27.7 Å². The molecule has 0 radical (unpaired) electrons. The van der Waals surface area contributed by atoms with Crippen molar-refractivity contribution in [1.82, 2.24) is 0 Å². The number of para-hydroxylation sites is 2. The number of hydrogen-bond acceptors (Lipinski definition) is 1. The van der Waals surface area contributed by atoms with Gasteiger partial charge in [-0.25, -0.2) is 4.58 Å². The van der Waals surface area contributed by atoms with Gasteiger partial charge in [0.15, 0.2) is 6.04 Å². The summed E-state index contributed by atoms with van der Waals surface area (Å²) < 4.78 is 2.06. The number of nitrogens with zero attached hydrogens (tertiary/aromatic N) is 2. The van der Waals surface area contributed by atoms with Crippen LogP contribution in [-0.2, 0) is 0 Å². The topological polar surface area (TPSA) is 6.25 Å². The molecule has 2 heteroatoms. The quantitative estimate of drug-likeness (QED) is 0.556. The first-order valence-corrected chi connectivity index (χ1v) is 5.86. The Kier molecular flexibility index (Phi) is 4.11. The molecule has 0 amide bonds. The lowest BCUT2D eigenvalue weighted by Crippen LogP contribution is -2.27. The minimum Gasteiger partial charge on any atom is -0.367 e. The smallest absolute Gasteiger partial charge is 0.228 e. The molecular formula is C14H23N2+. The third-order valence-corrected chi connectivity index (χ3v) is 2.97. The predicted octanol–water partition coefficient (Wildman–Crippen LogP) is 3.28. The van der Waals surface area contributed by atoms with Crippen molar-refractivity contribution in [3.63, 3.8) is 0 Å². The van der Waals surface area contributed by atoms with Crippen LogP contribution in [0, 0.1) is 0 Å². The maximum Gasteiger partial charge on any atom is 0.228 e. The van der Waals surface area contributed by atoms with Gasteiger partial charge in [0.1, 0.15) is 12.4 Å². The van der Waals surface area contributed by atoms with E-state index in [9.17, 15) is 0 Å². The van der Waals surface area contributed by atoms with Gasteiger partial charge in [0, 0.05) is 19.2 Å². The standard InChI is InChI=1S/C14H23N2/c1-11(2)15(5)13-9-7-8-10-14(13)16(6)12(3)4/h7-12H,5H2,1-4,6H3/q+1. The molecule has 0 aliphatic rings. The molecule has 0 N–H and O–H groups in total. The Bertz CT molecular complexity index is 367. The van der Waals surface area contributed by atoms with Gasteiger partial charge in [-0.2, -0.15) is 0 Å². The number of benzene rings is 1. The summed E-state index contributed by atoms with van der Waals surface area (Å²) in [6.45, 7) is 12.8. The number of anilines is 1. The second-order valence-electron chi connectivity index (χ2n) is 4.76. The Labute approximate surface area is 99.2 Å². The normalized spacial score (nSPS) is 10.9. The van der Waals surface area contributed by atoms with E-state index in [1.807, 2.05) is 0 Å². The van der Waals surface area contributed by atoms with Gasteiger partial charge in [0.25, 0.3) is 0 Å². The summed E-state index contributed by atoms with van der Waals surface area (Å²) in [5, 5.41) is 0. The molecule has 0 aliphatic heterocycles. The second-order valence-corrected chi connectivity index (χ2v) is 4.76. The van der Waals surface area contributed by atoms with E-state index >= 15 is 0 Å². The first-order valence-electron chi connectivity index (χ1n) is 5.86. The largest absolute Gasteiger partial charge is 0.367 e. The van der Waals surface area contributed by atoms with Crippen molar-refractivity contribution in [3.05, 3.63) is 24.3 Å². The summed E-state index contributed by atoms with van der Waals surface area (Å²) >= 11 is 0. The second kappa shape index (κ2) is 5.15. The van der Waals surface area contributed by atoms with Crippen LogP contribution in [0.4, 0.5) is 11.4 Å². The van der Waals surface area contributed by atoms with E-state index in [1.54, 1.807) is 0 Å². The molecule has 0 bridgehead atoms. The van der Waals surface area contributed by atoms with Crippen molar-refractivity contribution < 1.29 is 4.58 Å².